The van der Waals surface area contributed by atoms with Gasteiger partial charge in [-0.2, -0.15) is 9.78 Å². The molecular weight excluding hydrogens is 376 g/mol. The minimum atomic E-state index is -0.490. The third kappa shape index (κ3) is 2.95. The van der Waals surface area contributed by atoms with Crippen LogP contribution >= 0.6 is 15.9 Å². The molecule has 120 valence electrons. The van der Waals surface area contributed by atoms with Crippen LogP contribution in [0.1, 0.15) is 11.4 Å². The van der Waals surface area contributed by atoms with Gasteiger partial charge in [0.1, 0.15) is 5.82 Å². The summed E-state index contributed by atoms with van der Waals surface area (Å²) in [5.74, 6) is 0.432. The quantitative estimate of drug-likeness (QED) is 0.392. The van der Waals surface area contributed by atoms with E-state index in [2.05, 4.69) is 26.0 Å². The fourth-order valence-corrected chi connectivity index (χ4v) is 2.64. The molecule has 0 N–H and O–H groups in total. The first kappa shape index (κ1) is 16.0. The number of nitro benzene ring substituents is 1. The minimum Gasteiger partial charge on any atom is -0.267 e. The molecular formula is C16H11BrN4O3. The van der Waals surface area contributed by atoms with Crippen molar-refractivity contribution in [3.63, 3.8) is 0 Å². The third-order valence-corrected chi connectivity index (χ3v) is 4.08. The van der Waals surface area contributed by atoms with E-state index in [9.17, 15) is 14.9 Å². The molecule has 0 spiro atoms. The third-order valence-electron chi connectivity index (χ3n) is 3.40. The molecule has 1 heterocycles. The molecule has 0 saturated carbocycles. The highest BCUT2D eigenvalue weighted by Crippen LogP contribution is 2.25. The van der Waals surface area contributed by atoms with Crippen molar-refractivity contribution < 1.29 is 4.92 Å². The molecule has 0 radical (unpaired) electrons. The second-order valence-corrected chi connectivity index (χ2v) is 5.86. The molecule has 0 amide bonds. The van der Waals surface area contributed by atoms with Crippen molar-refractivity contribution in [2.75, 3.05) is 0 Å². The number of hydrogen-bond donors (Lipinski definition) is 0. The van der Waals surface area contributed by atoms with Gasteiger partial charge in [0, 0.05) is 11.6 Å². The number of rotatable bonds is 3. The summed E-state index contributed by atoms with van der Waals surface area (Å²) in [6.45, 7) is 1.68. The number of hydrogen-bond acceptors (Lipinski definition) is 5. The Labute approximate surface area is 144 Å². The number of benzene rings is 2. The molecule has 0 aliphatic heterocycles. The molecule has 0 fully saturated rings. The van der Waals surface area contributed by atoms with Crippen molar-refractivity contribution in [1.29, 1.82) is 0 Å². The maximum Gasteiger partial charge on any atom is 0.284 e. The highest BCUT2D eigenvalue weighted by atomic mass is 79.9. The molecule has 0 aliphatic carbocycles. The summed E-state index contributed by atoms with van der Waals surface area (Å²) in [6.07, 6.45) is 1.39. The lowest BCUT2D eigenvalue weighted by Gasteiger charge is -2.05. The van der Waals surface area contributed by atoms with Gasteiger partial charge in [-0.3, -0.25) is 14.9 Å². The monoisotopic (exact) mass is 386 g/mol. The summed E-state index contributed by atoms with van der Waals surface area (Å²) in [5.41, 5.74) is 0.746. The fraction of sp³-hybridized carbons (Fsp3) is 0.0625. The Morgan fingerprint density at radius 2 is 2.04 bits per heavy atom. The molecule has 7 nitrogen and oxygen atoms in total. The number of aryl methyl sites for hydroxylation is 1. The van der Waals surface area contributed by atoms with Gasteiger partial charge in [-0.25, -0.2) is 4.98 Å². The highest BCUT2D eigenvalue weighted by Gasteiger charge is 2.12. The topological polar surface area (TPSA) is 90.4 Å². The van der Waals surface area contributed by atoms with Crippen LogP contribution in [0.25, 0.3) is 10.9 Å². The summed E-state index contributed by atoms with van der Waals surface area (Å²) in [5, 5.41) is 15.6. The van der Waals surface area contributed by atoms with Crippen LogP contribution in [0.5, 0.6) is 0 Å². The number of para-hydroxylation sites is 1. The van der Waals surface area contributed by atoms with E-state index < -0.39 is 4.92 Å². The first-order chi connectivity index (χ1) is 11.5. The molecule has 0 saturated heterocycles. The molecule has 3 rings (SSSR count). The zero-order valence-electron chi connectivity index (χ0n) is 12.5. The van der Waals surface area contributed by atoms with Gasteiger partial charge in [0.25, 0.3) is 11.2 Å². The Kier molecular flexibility index (Phi) is 4.22. The van der Waals surface area contributed by atoms with E-state index in [-0.39, 0.29) is 11.2 Å². The van der Waals surface area contributed by atoms with Crippen LogP contribution in [0, 0.1) is 17.0 Å². The van der Waals surface area contributed by atoms with E-state index >= 15 is 0 Å². The standard InChI is InChI=1S/C16H11BrN4O3/c1-10-19-14-5-3-2-4-12(14)16(22)20(10)18-9-11-6-7-13(17)15(8-11)21(23)24/h2-9H,1H3/b18-9-. The van der Waals surface area contributed by atoms with E-state index in [1.165, 1.54) is 17.0 Å². The van der Waals surface area contributed by atoms with Crippen molar-refractivity contribution in [1.82, 2.24) is 9.66 Å². The molecule has 0 unspecified atom stereocenters. The second kappa shape index (κ2) is 6.32. The van der Waals surface area contributed by atoms with Gasteiger partial charge < -0.3 is 0 Å². The first-order valence-electron chi connectivity index (χ1n) is 6.94. The van der Waals surface area contributed by atoms with E-state index in [0.29, 0.717) is 26.8 Å². The van der Waals surface area contributed by atoms with Gasteiger partial charge in [0.2, 0.25) is 0 Å². The number of nitrogens with zero attached hydrogens (tertiary/aromatic N) is 4. The van der Waals surface area contributed by atoms with Crippen LogP contribution in [0.4, 0.5) is 5.69 Å². The Balaban J connectivity index is 2.07. The number of fused-ring (bicyclic) bond motifs is 1. The van der Waals surface area contributed by atoms with E-state index in [0.717, 1.165) is 0 Å². The van der Waals surface area contributed by atoms with Crippen LogP contribution in [0.15, 0.2) is 56.8 Å². The molecule has 0 aliphatic rings. The smallest absolute Gasteiger partial charge is 0.267 e. The van der Waals surface area contributed by atoms with E-state index in [4.69, 9.17) is 0 Å². The van der Waals surface area contributed by atoms with Gasteiger partial charge in [-0.15, -0.1) is 0 Å². The van der Waals surface area contributed by atoms with Crippen molar-refractivity contribution >= 4 is 38.7 Å². The molecule has 24 heavy (non-hydrogen) atoms. The van der Waals surface area contributed by atoms with Crippen molar-refractivity contribution in [2.24, 2.45) is 5.10 Å². The Morgan fingerprint density at radius 3 is 2.79 bits per heavy atom. The van der Waals surface area contributed by atoms with Gasteiger partial charge in [-0.05, 0) is 41.1 Å². The molecule has 8 heteroatoms. The normalized spacial score (nSPS) is 11.2. The molecule has 2 aromatic carbocycles. The van der Waals surface area contributed by atoms with Crippen LogP contribution in [-0.2, 0) is 0 Å². The lowest BCUT2D eigenvalue weighted by Crippen LogP contribution is -2.20. The van der Waals surface area contributed by atoms with Gasteiger partial charge in [0.05, 0.1) is 26.5 Å². The van der Waals surface area contributed by atoms with Crippen molar-refractivity contribution in [3.8, 4) is 0 Å². The number of halogens is 1. The van der Waals surface area contributed by atoms with Crippen molar-refractivity contribution in [3.05, 3.63) is 78.8 Å². The van der Waals surface area contributed by atoms with Crippen LogP contribution in [-0.4, -0.2) is 20.8 Å². The minimum absolute atomic E-state index is 0.0698. The number of aromatic nitrogens is 2. The van der Waals surface area contributed by atoms with Gasteiger partial charge in [0.15, 0.2) is 0 Å². The maximum atomic E-state index is 12.5. The first-order valence-corrected chi connectivity index (χ1v) is 7.73. The largest absolute Gasteiger partial charge is 0.284 e. The molecule has 3 aromatic rings. The summed E-state index contributed by atoms with van der Waals surface area (Å²) in [7, 11) is 0. The lowest BCUT2D eigenvalue weighted by atomic mass is 10.2. The molecule has 1 aromatic heterocycles. The lowest BCUT2D eigenvalue weighted by molar-refractivity contribution is -0.385. The average Bonchev–Trinajstić information content (AvgIpc) is 2.55. The maximum absolute atomic E-state index is 12.5. The Bertz CT molecular complexity index is 1040. The van der Waals surface area contributed by atoms with Gasteiger partial charge in [-0.1, -0.05) is 18.2 Å². The summed E-state index contributed by atoms with van der Waals surface area (Å²) < 4.78 is 1.56. The summed E-state index contributed by atoms with van der Waals surface area (Å²) in [6, 6.07) is 11.6. The van der Waals surface area contributed by atoms with Crippen molar-refractivity contribution in [2.45, 2.75) is 6.92 Å². The fourth-order valence-electron chi connectivity index (χ4n) is 2.25. The van der Waals surface area contributed by atoms with Crippen LogP contribution < -0.4 is 5.56 Å². The van der Waals surface area contributed by atoms with E-state index in [1.807, 2.05) is 6.07 Å². The molecule has 0 atom stereocenters. The number of nitro groups is 1. The van der Waals surface area contributed by atoms with Crippen LogP contribution in [0.3, 0.4) is 0 Å². The van der Waals surface area contributed by atoms with Crippen LogP contribution in [0.2, 0.25) is 0 Å². The SMILES string of the molecule is Cc1nc2ccccc2c(=O)n1/N=C\c1ccc(Br)c([N+](=O)[O-])c1. The summed E-state index contributed by atoms with van der Waals surface area (Å²) >= 11 is 3.13. The predicted molar refractivity (Wildman–Crippen MR) is 94.5 cm³/mol. The van der Waals surface area contributed by atoms with Gasteiger partial charge >= 0.3 is 0 Å². The second-order valence-electron chi connectivity index (χ2n) is 5.01. The Morgan fingerprint density at radius 1 is 1.29 bits per heavy atom. The predicted octanol–water partition coefficient (Wildman–Crippen LogP) is 3.26. The zero-order chi connectivity index (χ0) is 17.3. The zero-order valence-corrected chi connectivity index (χ0v) is 14.1. The average molecular weight is 387 g/mol. The summed E-state index contributed by atoms with van der Waals surface area (Å²) in [4.78, 5) is 27.3. The Hall–Kier alpha value is -2.87. The molecule has 0 bridgehead atoms. The highest BCUT2D eigenvalue weighted by molar-refractivity contribution is 9.10. The van der Waals surface area contributed by atoms with E-state index in [1.54, 1.807) is 37.3 Å².